The first-order valence-electron chi connectivity index (χ1n) is 5.96. The highest BCUT2D eigenvalue weighted by Gasteiger charge is 2.08. The van der Waals surface area contributed by atoms with E-state index in [9.17, 15) is 13.5 Å². The molecule has 0 aliphatic heterocycles. The predicted octanol–water partition coefficient (Wildman–Crippen LogP) is 2.27. The maximum atomic E-state index is 11.2. The van der Waals surface area contributed by atoms with Crippen LogP contribution in [0.1, 0.15) is 11.7 Å². The Hall–Kier alpha value is -1.57. The lowest BCUT2D eigenvalue weighted by Crippen LogP contribution is -2.12. The summed E-state index contributed by atoms with van der Waals surface area (Å²) in [6.07, 6.45) is 0.515. The van der Waals surface area contributed by atoms with E-state index in [-0.39, 0.29) is 0 Å². The third-order valence-corrected chi connectivity index (χ3v) is 3.90. The van der Waals surface area contributed by atoms with E-state index in [2.05, 4.69) is 10.0 Å². The van der Waals surface area contributed by atoms with Gasteiger partial charge in [0, 0.05) is 12.2 Å². The minimum absolute atomic E-state index is 0.360. The van der Waals surface area contributed by atoms with E-state index in [4.69, 9.17) is 0 Å². The van der Waals surface area contributed by atoms with E-state index in [1.54, 1.807) is 18.2 Å². The summed E-state index contributed by atoms with van der Waals surface area (Å²) in [4.78, 5) is 0. The number of benzene rings is 1. The summed E-state index contributed by atoms with van der Waals surface area (Å²) in [6, 6.07) is 8.78. The number of anilines is 2. The lowest BCUT2D eigenvalue weighted by atomic mass is 10.2. The number of thiophene rings is 1. The van der Waals surface area contributed by atoms with Crippen molar-refractivity contribution in [2.75, 3.05) is 22.8 Å². The summed E-state index contributed by atoms with van der Waals surface area (Å²) in [5, 5.41) is 16.8. The first-order chi connectivity index (χ1) is 9.44. The molecule has 2 rings (SSSR count). The zero-order valence-electron chi connectivity index (χ0n) is 10.9. The molecular formula is C13H16N2O3S2. The zero-order chi connectivity index (χ0) is 14.6. The van der Waals surface area contributed by atoms with Crippen molar-refractivity contribution in [3.8, 4) is 0 Å². The van der Waals surface area contributed by atoms with Crippen molar-refractivity contribution in [2.45, 2.75) is 6.10 Å². The summed E-state index contributed by atoms with van der Waals surface area (Å²) in [7, 11) is -3.29. The average Bonchev–Trinajstić information content (AvgIpc) is 2.88. The first-order valence-corrected chi connectivity index (χ1v) is 8.79. The molecule has 0 saturated heterocycles. The first kappa shape index (κ1) is 14.8. The minimum Gasteiger partial charge on any atom is -0.387 e. The molecule has 0 bridgehead atoms. The number of nitrogens with one attached hydrogen (secondary N) is 2. The summed E-state index contributed by atoms with van der Waals surface area (Å²) >= 11 is 1.53. The van der Waals surface area contributed by atoms with Crippen LogP contribution in [0.15, 0.2) is 41.1 Å². The molecule has 7 heteroatoms. The molecule has 0 spiro atoms. The van der Waals surface area contributed by atoms with Gasteiger partial charge in [0.05, 0.1) is 18.0 Å². The van der Waals surface area contributed by atoms with Crippen molar-refractivity contribution >= 4 is 32.7 Å². The molecule has 0 amide bonds. The van der Waals surface area contributed by atoms with Crippen LogP contribution < -0.4 is 10.0 Å². The van der Waals surface area contributed by atoms with Crippen molar-refractivity contribution in [1.82, 2.24) is 0 Å². The topological polar surface area (TPSA) is 78.4 Å². The monoisotopic (exact) mass is 312 g/mol. The Bertz CT molecular complexity index is 654. The Balaban J connectivity index is 1.98. The smallest absolute Gasteiger partial charge is 0.229 e. The van der Waals surface area contributed by atoms with Crippen LogP contribution in [0.4, 0.5) is 11.4 Å². The number of rotatable bonds is 6. The van der Waals surface area contributed by atoms with Gasteiger partial charge < -0.3 is 10.4 Å². The zero-order valence-corrected chi connectivity index (χ0v) is 12.5. The summed E-state index contributed by atoms with van der Waals surface area (Å²) in [5.41, 5.74) is 2.10. The normalized spacial score (nSPS) is 12.9. The quantitative estimate of drug-likeness (QED) is 0.764. The van der Waals surface area contributed by atoms with Crippen LogP contribution in [0, 0.1) is 0 Å². The highest BCUT2D eigenvalue weighted by atomic mass is 32.2. The third kappa shape index (κ3) is 4.52. The van der Waals surface area contributed by atoms with E-state index in [1.165, 1.54) is 11.3 Å². The molecule has 0 fully saturated rings. The average molecular weight is 312 g/mol. The van der Waals surface area contributed by atoms with Gasteiger partial charge in [-0.05, 0) is 40.6 Å². The molecule has 0 saturated carbocycles. The fourth-order valence-electron chi connectivity index (χ4n) is 1.70. The fourth-order valence-corrected chi connectivity index (χ4v) is 2.97. The molecule has 2 aromatic rings. The molecule has 1 aromatic heterocycles. The van der Waals surface area contributed by atoms with Crippen molar-refractivity contribution in [2.24, 2.45) is 0 Å². The largest absolute Gasteiger partial charge is 0.387 e. The van der Waals surface area contributed by atoms with Gasteiger partial charge in [0.1, 0.15) is 0 Å². The molecule has 1 atom stereocenters. The molecule has 108 valence electrons. The van der Waals surface area contributed by atoms with Gasteiger partial charge in [-0.1, -0.05) is 6.07 Å². The number of hydrogen-bond donors (Lipinski definition) is 3. The molecule has 0 radical (unpaired) electrons. The lowest BCUT2D eigenvalue weighted by molar-refractivity contribution is 0.192. The number of sulfonamides is 1. The SMILES string of the molecule is CS(=O)(=O)Nc1cccc(NCC(O)c2ccsc2)c1. The van der Waals surface area contributed by atoms with E-state index < -0.39 is 16.1 Å². The number of hydrogen-bond acceptors (Lipinski definition) is 5. The number of aliphatic hydroxyl groups is 1. The van der Waals surface area contributed by atoms with Crippen molar-refractivity contribution in [1.29, 1.82) is 0 Å². The summed E-state index contributed by atoms with van der Waals surface area (Å²) < 4.78 is 24.7. The Morgan fingerprint density at radius 2 is 2.05 bits per heavy atom. The Morgan fingerprint density at radius 1 is 1.30 bits per heavy atom. The van der Waals surface area contributed by atoms with Crippen LogP contribution in [-0.4, -0.2) is 26.3 Å². The van der Waals surface area contributed by atoms with Crippen molar-refractivity contribution in [3.05, 3.63) is 46.7 Å². The van der Waals surface area contributed by atoms with Gasteiger partial charge >= 0.3 is 0 Å². The molecule has 1 aromatic carbocycles. The van der Waals surface area contributed by atoms with Crippen molar-refractivity contribution in [3.63, 3.8) is 0 Å². The molecule has 3 N–H and O–H groups in total. The lowest BCUT2D eigenvalue weighted by Gasteiger charge is -2.12. The fraction of sp³-hybridized carbons (Fsp3) is 0.231. The summed E-state index contributed by atoms with van der Waals surface area (Å²) in [5.74, 6) is 0. The maximum absolute atomic E-state index is 11.2. The maximum Gasteiger partial charge on any atom is 0.229 e. The molecule has 0 aliphatic carbocycles. The van der Waals surface area contributed by atoms with E-state index in [0.717, 1.165) is 17.5 Å². The predicted molar refractivity (Wildman–Crippen MR) is 82.7 cm³/mol. The van der Waals surface area contributed by atoms with E-state index in [1.807, 2.05) is 22.9 Å². The van der Waals surface area contributed by atoms with Gasteiger partial charge in [-0.15, -0.1) is 0 Å². The Labute approximate surface area is 122 Å². The standard InChI is InChI=1S/C13H16N2O3S2/c1-20(17,18)15-12-4-2-3-11(7-12)14-8-13(16)10-5-6-19-9-10/h2-7,9,13-16H,8H2,1H3. The van der Waals surface area contributed by atoms with Gasteiger partial charge in [0.2, 0.25) is 10.0 Å². The van der Waals surface area contributed by atoms with Gasteiger partial charge in [0.25, 0.3) is 0 Å². The van der Waals surface area contributed by atoms with Gasteiger partial charge in [-0.2, -0.15) is 11.3 Å². The van der Waals surface area contributed by atoms with Crippen LogP contribution in [0.25, 0.3) is 0 Å². The Kier molecular flexibility index (Phi) is 4.64. The molecule has 1 heterocycles. The second-order valence-corrected chi connectivity index (χ2v) is 6.94. The van der Waals surface area contributed by atoms with E-state index >= 15 is 0 Å². The Morgan fingerprint density at radius 3 is 2.70 bits per heavy atom. The third-order valence-electron chi connectivity index (χ3n) is 2.59. The molecule has 20 heavy (non-hydrogen) atoms. The van der Waals surface area contributed by atoms with Gasteiger partial charge in [-0.3, -0.25) is 4.72 Å². The second kappa shape index (κ2) is 6.25. The van der Waals surface area contributed by atoms with E-state index in [0.29, 0.717) is 12.2 Å². The van der Waals surface area contributed by atoms with Gasteiger partial charge in [-0.25, -0.2) is 8.42 Å². The summed E-state index contributed by atoms with van der Waals surface area (Å²) in [6.45, 7) is 0.360. The minimum atomic E-state index is -3.29. The molecular weight excluding hydrogens is 296 g/mol. The van der Waals surface area contributed by atoms with Crippen LogP contribution in [0.2, 0.25) is 0 Å². The van der Waals surface area contributed by atoms with Crippen LogP contribution in [0.3, 0.4) is 0 Å². The van der Waals surface area contributed by atoms with Crippen molar-refractivity contribution < 1.29 is 13.5 Å². The molecule has 5 nitrogen and oxygen atoms in total. The van der Waals surface area contributed by atoms with Crippen LogP contribution in [-0.2, 0) is 10.0 Å². The second-order valence-electron chi connectivity index (χ2n) is 4.41. The van der Waals surface area contributed by atoms with Crippen LogP contribution in [0.5, 0.6) is 0 Å². The highest BCUT2D eigenvalue weighted by molar-refractivity contribution is 7.92. The number of aliphatic hydroxyl groups excluding tert-OH is 1. The van der Waals surface area contributed by atoms with Crippen LogP contribution >= 0.6 is 11.3 Å². The van der Waals surface area contributed by atoms with Gasteiger partial charge in [0.15, 0.2) is 0 Å². The highest BCUT2D eigenvalue weighted by Crippen LogP contribution is 2.19. The molecule has 0 aliphatic rings. The molecule has 1 unspecified atom stereocenters.